The highest BCUT2D eigenvalue weighted by molar-refractivity contribution is 7.99. The molecule has 0 aliphatic carbocycles. The maximum absolute atomic E-state index is 4.31. The third kappa shape index (κ3) is 5.52. The van der Waals surface area contributed by atoms with Gasteiger partial charge in [-0.3, -0.25) is 5.10 Å². The van der Waals surface area contributed by atoms with Crippen molar-refractivity contribution in [2.75, 3.05) is 0 Å². The normalized spacial score (nSPS) is 11.6. The van der Waals surface area contributed by atoms with Crippen LogP contribution < -0.4 is 0 Å². The predicted molar refractivity (Wildman–Crippen MR) is 71.4 cm³/mol. The summed E-state index contributed by atoms with van der Waals surface area (Å²) in [5, 5.41) is 8.77. The largest absolute Gasteiger partial charge is 0.281 e. The van der Waals surface area contributed by atoms with Crippen LogP contribution in [0.4, 0.5) is 0 Å². The van der Waals surface area contributed by atoms with E-state index in [0.717, 1.165) is 11.5 Å². The number of hydrogen-bond acceptors (Lipinski definition) is 3. The van der Waals surface area contributed by atoms with E-state index in [1.807, 2.05) is 23.5 Å². The van der Waals surface area contributed by atoms with Gasteiger partial charge in [0.05, 0.1) is 5.69 Å². The van der Waals surface area contributed by atoms with Crippen LogP contribution in [0.2, 0.25) is 0 Å². The Bertz CT molecular complexity index is 255. The van der Waals surface area contributed by atoms with E-state index < -0.39 is 0 Å². The highest BCUT2D eigenvalue weighted by atomic mass is 32.2. The van der Waals surface area contributed by atoms with Gasteiger partial charge < -0.3 is 0 Å². The van der Waals surface area contributed by atoms with Gasteiger partial charge in [0.2, 0.25) is 0 Å². The summed E-state index contributed by atoms with van der Waals surface area (Å²) in [6.07, 6.45) is 0. The molecule has 0 fully saturated rings. The van der Waals surface area contributed by atoms with Crippen molar-refractivity contribution in [1.82, 2.24) is 10.2 Å². The minimum absolute atomic E-state index is 0.676. The molecule has 1 N–H and O–H groups in total. The minimum atomic E-state index is 0.676. The van der Waals surface area contributed by atoms with Gasteiger partial charge in [0.25, 0.3) is 0 Å². The average molecular weight is 244 g/mol. The Labute approximate surface area is 101 Å². The summed E-state index contributed by atoms with van der Waals surface area (Å²) < 4.78 is 0. The Morgan fingerprint density at radius 3 is 2.33 bits per heavy atom. The van der Waals surface area contributed by atoms with Crippen molar-refractivity contribution in [2.45, 2.75) is 49.7 Å². The van der Waals surface area contributed by atoms with Crippen molar-refractivity contribution in [2.24, 2.45) is 0 Å². The zero-order valence-electron chi connectivity index (χ0n) is 9.91. The standard InChI is InChI=1S/C11H20N2S2/c1-8(2)14-6-10-5-11(13-12-10)7-15-9(3)4/h5,8-9H,6-7H2,1-4H3,(H,12,13). The Kier molecular flexibility index (Phi) is 5.61. The molecule has 1 heterocycles. The van der Waals surface area contributed by atoms with E-state index in [-0.39, 0.29) is 0 Å². The van der Waals surface area contributed by atoms with Crippen LogP contribution in [0.3, 0.4) is 0 Å². The number of rotatable bonds is 6. The molecule has 0 saturated heterocycles. The van der Waals surface area contributed by atoms with E-state index in [2.05, 4.69) is 44.0 Å². The number of H-pyrrole nitrogens is 1. The monoisotopic (exact) mass is 244 g/mol. The van der Waals surface area contributed by atoms with Crippen molar-refractivity contribution in [3.63, 3.8) is 0 Å². The summed E-state index contributed by atoms with van der Waals surface area (Å²) in [5.74, 6) is 2.05. The number of nitrogens with one attached hydrogen (secondary N) is 1. The second kappa shape index (κ2) is 6.48. The smallest absolute Gasteiger partial charge is 0.0724 e. The van der Waals surface area contributed by atoms with Gasteiger partial charge >= 0.3 is 0 Å². The van der Waals surface area contributed by atoms with E-state index >= 15 is 0 Å². The van der Waals surface area contributed by atoms with Crippen LogP contribution in [0.15, 0.2) is 6.07 Å². The first-order chi connectivity index (χ1) is 7.08. The molecule has 1 aromatic rings. The van der Waals surface area contributed by atoms with Crippen LogP contribution in [0.1, 0.15) is 39.1 Å². The van der Waals surface area contributed by atoms with Crippen molar-refractivity contribution >= 4 is 23.5 Å². The molecule has 4 heteroatoms. The van der Waals surface area contributed by atoms with Crippen LogP contribution in [0.5, 0.6) is 0 Å². The number of aromatic amines is 1. The number of hydrogen-bond donors (Lipinski definition) is 1. The highest BCUT2D eigenvalue weighted by Crippen LogP contribution is 2.19. The van der Waals surface area contributed by atoms with Gasteiger partial charge in [-0.2, -0.15) is 28.6 Å². The lowest BCUT2D eigenvalue weighted by Gasteiger charge is -2.01. The maximum Gasteiger partial charge on any atom is 0.0724 e. The minimum Gasteiger partial charge on any atom is -0.281 e. The lowest BCUT2D eigenvalue weighted by molar-refractivity contribution is 0.997. The third-order valence-corrected chi connectivity index (χ3v) is 4.09. The molecule has 0 saturated carbocycles. The lowest BCUT2D eigenvalue weighted by atomic mass is 10.4. The van der Waals surface area contributed by atoms with Crippen molar-refractivity contribution in [1.29, 1.82) is 0 Å². The summed E-state index contributed by atoms with van der Waals surface area (Å²) >= 11 is 3.88. The Morgan fingerprint density at radius 1 is 1.13 bits per heavy atom. The van der Waals surface area contributed by atoms with E-state index in [4.69, 9.17) is 0 Å². The quantitative estimate of drug-likeness (QED) is 0.827. The fourth-order valence-electron chi connectivity index (χ4n) is 1.07. The summed E-state index contributed by atoms with van der Waals surface area (Å²) in [4.78, 5) is 0. The first-order valence-corrected chi connectivity index (χ1v) is 7.44. The predicted octanol–water partition coefficient (Wildman–Crippen LogP) is 3.69. The molecule has 0 spiro atoms. The van der Waals surface area contributed by atoms with Crippen molar-refractivity contribution in [3.8, 4) is 0 Å². The van der Waals surface area contributed by atoms with Crippen LogP contribution in [0, 0.1) is 0 Å². The molecule has 0 radical (unpaired) electrons. The average Bonchev–Trinajstić information content (AvgIpc) is 2.59. The molecule has 86 valence electrons. The Morgan fingerprint density at radius 2 is 1.73 bits per heavy atom. The molecular weight excluding hydrogens is 224 g/mol. The molecule has 0 amide bonds. The molecule has 0 bridgehead atoms. The zero-order chi connectivity index (χ0) is 11.3. The fourth-order valence-corrected chi connectivity index (χ4v) is 2.38. The topological polar surface area (TPSA) is 28.7 Å². The molecular formula is C11H20N2S2. The summed E-state index contributed by atoms with van der Waals surface area (Å²) in [6, 6.07) is 2.19. The zero-order valence-corrected chi connectivity index (χ0v) is 11.5. The first-order valence-electron chi connectivity index (χ1n) is 5.34. The van der Waals surface area contributed by atoms with Gasteiger partial charge in [-0.1, -0.05) is 27.7 Å². The molecule has 15 heavy (non-hydrogen) atoms. The van der Waals surface area contributed by atoms with Gasteiger partial charge in [0.15, 0.2) is 0 Å². The van der Waals surface area contributed by atoms with Crippen molar-refractivity contribution in [3.05, 3.63) is 17.5 Å². The molecule has 1 rings (SSSR count). The second-order valence-electron chi connectivity index (χ2n) is 4.10. The molecule has 0 aliphatic rings. The van der Waals surface area contributed by atoms with Crippen LogP contribution in [-0.2, 0) is 11.5 Å². The van der Waals surface area contributed by atoms with E-state index in [9.17, 15) is 0 Å². The number of thioether (sulfide) groups is 2. The van der Waals surface area contributed by atoms with Crippen LogP contribution in [-0.4, -0.2) is 20.7 Å². The molecule has 1 aromatic heterocycles. The third-order valence-electron chi connectivity index (χ3n) is 1.82. The molecule has 0 atom stereocenters. The maximum atomic E-state index is 4.31. The molecule has 0 unspecified atom stereocenters. The summed E-state index contributed by atoms with van der Waals surface area (Å²) in [6.45, 7) is 8.87. The Hall–Kier alpha value is -0.0900. The summed E-state index contributed by atoms with van der Waals surface area (Å²) in [7, 11) is 0. The van der Waals surface area contributed by atoms with Crippen molar-refractivity contribution < 1.29 is 0 Å². The fraction of sp³-hybridized carbons (Fsp3) is 0.727. The van der Waals surface area contributed by atoms with Gasteiger partial charge in [-0.05, 0) is 16.6 Å². The van der Waals surface area contributed by atoms with Gasteiger partial charge in [-0.15, -0.1) is 0 Å². The van der Waals surface area contributed by atoms with E-state index in [1.165, 1.54) is 11.4 Å². The second-order valence-corrected chi connectivity index (χ2v) is 7.23. The number of aromatic nitrogens is 2. The van der Waals surface area contributed by atoms with Crippen LogP contribution in [0.25, 0.3) is 0 Å². The van der Waals surface area contributed by atoms with Crippen LogP contribution >= 0.6 is 23.5 Å². The van der Waals surface area contributed by atoms with Gasteiger partial charge in [-0.25, -0.2) is 0 Å². The molecule has 0 aromatic carbocycles. The van der Waals surface area contributed by atoms with E-state index in [1.54, 1.807) is 0 Å². The van der Waals surface area contributed by atoms with Gasteiger partial charge in [0, 0.05) is 17.2 Å². The first kappa shape index (κ1) is 13.0. The van der Waals surface area contributed by atoms with Gasteiger partial charge in [0.1, 0.15) is 0 Å². The SMILES string of the molecule is CC(C)SCc1cc(CSC(C)C)[nH]n1. The highest BCUT2D eigenvalue weighted by Gasteiger charge is 2.03. The van der Waals surface area contributed by atoms with E-state index in [0.29, 0.717) is 10.5 Å². The number of nitrogens with zero attached hydrogens (tertiary/aromatic N) is 1. The molecule has 0 aliphatic heterocycles. The Balaban J connectivity index is 2.35. The lowest BCUT2D eigenvalue weighted by Crippen LogP contribution is -1.88. The molecule has 2 nitrogen and oxygen atoms in total. The summed E-state index contributed by atoms with van der Waals surface area (Å²) in [5.41, 5.74) is 2.42.